The number of carboxylic acid groups (broad SMARTS) is 1. The molecule has 0 heterocycles. The first-order valence-corrected chi connectivity index (χ1v) is 3.09. The Labute approximate surface area is 69.3 Å². The Balaban J connectivity index is 4.42. The molecule has 0 bridgehead atoms. The highest BCUT2D eigenvalue weighted by atomic mass is 17.1. The molecule has 0 spiro atoms. The van der Waals surface area contributed by atoms with Crippen LogP contribution in [0.5, 0.6) is 0 Å². The third-order valence-corrected chi connectivity index (χ3v) is 0.883. The van der Waals surface area contributed by atoms with Crippen molar-refractivity contribution in [2.75, 3.05) is 0 Å². The van der Waals surface area contributed by atoms with Gasteiger partial charge < -0.3 is 9.99 Å². The van der Waals surface area contributed by atoms with E-state index in [1.807, 2.05) is 0 Å². The highest BCUT2D eigenvalue weighted by Gasteiger charge is 1.84. The van der Waals surface area contributed by atoms with E-state index in [1.165, 1.54) is 12.2 Å². The molecule has 0 rings (SSSR count). The number of aliphatic carboxylic acids is 1. The molecular formula is C8H8O4. The summed E-state index contributed by atoms with van der Waals surface area (Å²) in [5, 5.41) is 16.3. The van der Waals surface area contributed by atoms with Crippen LogP contribution in [0.15, 0.2) is 35.4 Å². The van der Waals surface area contributed by atoms with E-state index < -0.39 is 5.97 Å². The lowest BCUT2D eigenvalue weighted by Gasteiger charge is -1.89. The molecule has 0 aliphatic heterocycles. The number of hydrogen-bond acceptors (Lipinski definition) is 3. The predicted octanol–water partition coefficient (Wildman–Crippen LogP) is 1.33. The van der Waals surface area contributed by atoms with Gasteiger partial charge in [-0.05, 0) is 13.0 Å². The minimum Gasteiger partial charge on any atom is -0.478 e. The molecule has 0 aliphatic carbocycles. The van der Waals surface area contributed by atoms with Crippen LogP contribution in [0.1, 0.15) is 6.92 Å². The van der Waals surface area contributed by atoms with Crippen molar-refractivity contribution >= 4 is 5.97 Å². The number of hydrogen-bond donors (Lipinski definition) is 2. The molecule has 0 radical (unpaired) electrons. The molecular weight excluding hydrogens is 160 g/mol. The Morgan fingerprint density at radius 1 is 1.42 bits per heavy atom. The van der Waals surface area contributed by atoms with Crippen LogP contribution in [0.2, 0.25) is 0 Å². The molecule has 0 amide bonds. The molecule has 4 nitrogen and oxygen atoms in total. The van der Waals surface area contributed by atoms with Gasteiger partial charge in [-0.2, -0.15) is 0 Å². The first kappa shape index (κ1) is 10.3. The van der Waals surface area contributed by atoms with Gasteiger partial charge in [0.15, 0.2) is 5.76 Å². The fraction of sp³-hybridized carbons (Fsp3) is 0.125. The van der Waals surface area contributed by atoms with Gasteiger partial charge in [-0.25, -0.2) is 10.1 Å². The van der Waals surface area contributed by atoms with E-state index in [0.29, 0.717) is 0 Å². The zero-order valence-electron chi connectivity index (χ0n) is 6.44. The second-order valence-electron chi connectivity index (χ2n) is 1.70. The molecule has 0 aromatic heterocycles. The summed E-state index contributed by atoms with van der Waals surface area (Å²) < 4.78 is 0. The molecule has 4 heteroatoms. The minimum atomic E-state index is -1.11. The van der Waals surface area contributed by atoms with E-state index >= 15 is 0 Å². The Hall–Kier alpha value is -1.73. The van der Waals surface area contributed by atoms with Gasteiger partial charge in [-0.1, -0.05) is 11.5 Å². The van der Waals surface area contributed by atoms with E-state index in [-0.39, 0.29) is 5.76 Å². The summed E-state index contributed by atoms with van der Waals surface area (Å²) >= 11 is 0. The van der Waals surface area contributed by atoms with Gasteiger partial charge in [0.1, 0.15) is 0 Å². The van der Waals surface area contributed by atoms with Crippen LogP contribution in [-0.4, -0.2) is 16.3 Å². The van der Waals surface area contributed by atoms with Crippen LogP contribution >= 0.6 is 0 Å². The highest BCUT2D eigenvalue weighted by molar-refractivity contribution is 5.79. The molecule has 64 valence electrons. The van der Waals surface area contributed by atoms with Gasteiger partial charge in [0.25, 0.3) is 0 Å². The Bertz CT molecular complexity index is 275. The summed E-state index contributed by atoms with van der Waals surface area (Å²) in [4.78, 5) is 13.8. The lowest BCUT2D eigenvalue weighted by atomic mass is 10.4. The van der Waals surface area contributed by atoms with E-state index in [1.54, 1.807) is 6.92 Å². The van der Waals surface area contributed by atoms with Gasteiger partial charge in [-0.3, -0.25) is 0 Å². The largest absolute Gasteiger partial charge is 0.478 e. The van der Waals surface area contributed by atoms with Crippen molar-refractivity contribution in [3.8, 4) is 0 Å². The molecule has 0 aliphatic rings. The molecule has 0 atom stereocenters. The van der Waals surface area contributed by atoms with Crippen molar-refractivity contribution < 1.29 is 20.0 Å². The quantitative estimate of drug-likeness (QED) is 0.166. The summed E-state index contributed by atoms with van der Waals surface area (Å²) in [6.07, 6.45) is 3.52. The Morgan fingerprint density at radius 3 is 2.42 bits per heavy atom. The second-order valence-corrected chi connectivity index (χ2v) is 1.70. The van der Waals surface area contributed by atoms with Crippen molar-refractivity contribution in [3.05, 3.63) is 35.4 Å². The molecule has 0 aromatic rings. The standard InChI is InChI=1S/C8H8O4/c1-2-7(12-11)5-3-4-6-8(9)10/h2,5-6,11H,1H3,(H,9,10). The minimum absolute atomic E-state index is 0.168. The Morgan fingerprint density at radius 2 is 2.00 bits per heavy atom. The maximum absolute atomic E-state index is 9.92. The highest BCUT2D eigenvalue weighted by Crippen LogP contribution is 1.93. The van der Waals surface area contributed by atoms with Crippen molar-refractivity contribution in [1.82, 2.24) is 0 Å². The molecule has 0 fully saturated rings. The first-order valence-electron chi connectivity index (χ1n) is 3.09. The zero-order valence-corrected chi connectivity index (χ0v) is 6.44. The van der Waals surface area contributed by atoms with E-state index in [0.717, 1.165) is 6.08 Å². The van der Waals surface area contributed by atoms with Crippen LogP contribution in [-0.2, 0) is 9.68 Å². The van der Waals surface area contributed by atoms with Gasteiger partial charge in [-0.15, -0.1) is 0 Å². The fourth-order valence-corrected chi connectivity index (χ4v) is 0.379. The second kappa shape index (κ2) is 6.01. The SMILES string of the molecule is CC=C(C=C=C=CC(=O)O)OO. The molecule has 0 aromatic carbocycles. The molecule has 0 saturated heterocycles. The maximum atomic E-state index is 9.92. The van der Waals surface area contributed by atoms with Crippen LogP contribution < -0.4 is 0 Å². The van der Waals surface area contributed by atoms with Crippen LogP contribution in [0, 0.1) is 0 Å². The van der Waals surface area contributed by atoms with Crippen LogP contribution in [0.25, 0.3) is 0 Å². The predicted molar refractivity (Wildman–Crippen MR) is 41.3 cm³/mol. The third kappa shape index (κ3) is 5.09. The number of allylic oxidation sites excluding steroid dienone is 2. The van der Waals surface area contributed by atoms with Gasteiger partial charge in [0.05, 0.1) is 6.08 Å². The molecule has 0 unspecified atom stereocenters. The molecule has 12 heavy (non-hydrogen) atoms. The number of carbonyl (C=O) groups is 1. The van der Waals surface area contributed by atoms with Crippen molar-refractivity contribution in [1.29, 1.82) is 0 Å². The van der Waals surface area contributed by atoms with Gasteiger partial charge >= 0.3 is 5.97 Å². The fourth-order valence-electron chi connectivity index (χ4n) is 0.379. The van der Waals surface area contributed by atoms with Crippen molar-refractivity contribution in [2.45, 2.75) is 6.92 Å². The average Bonchev–Trinajstić information content (AvgIpc) is 2.04. The maximum Gasteiger partial charge on any atom is 0.336 e. The van der Waals surface area contributed by atoms with Crippen molar-refractivity contribution in [3.63, 3.8) is 0 Å². The van der Waals surface area contributed by atoms with Crippen LogP contribution in [0.4, 0.5) is 0 Å². The van der Waals surface area contributed by atoms with E-state index in [9.17, 15) is 4.79 Å². The molecule has 0 saturated carbocycles. The average molecular weight is 168 g/mol. The Kier molecular flexibility index (Phi) is 5.14. The topological polar surface area (TPSA) is 66.8 Å². The van der Waals surface area contributed by atoms with Crippen LogP contribution in [0.3, 0.4) is 0 Å². The monoisotopic (exact) mass is 168 g/mol. The summed E-state index contributed by atoms with van der Waals surface area (Å²) in [5.74, 6) is -0.941. The van der Waals surface area contributed by atoms with Gasteiger partial charge in [0.2, 0.25) is 0 Å². The van der Waals surface area contributed by atoms with Crippen molar-refractivity contribution in [2.24, 2.45) is 0 Å². The lowest BCUT2D eigenvalue weighted by molar-refractivity contribution is -0.198. The number of carboxylic acids is 1. The lowest BCUT2D eigenvalue weighted by Crippen LogP contribution is -1.83. The first-order chi connectivity index (χ1) is 5.70. The van der Waals surface area contributed by atoms with Gasteiger partial charge in [0, 0.05) is 6.08 Å². The summed E-state index contributed by atoms with van der Waals surface area (Å²) in [6, 6.07) is 0. The smallest absolute Gasteiger partial charge is 0.336 e. The normalized spacial score (nSPS) is 9.33. The third-order valence-electron chi connectivity index (χ3n) is 0.883. The summed E-state index contributed by atoms with van der Waals surface area (Å²) in [7, 11) is 0. The van der Waals surface area contributed by atoms with E-state index in [4.69, 9.17) is 10.4 Å². The summed E-state index contributed by atoms with van der Waals surface area (Å²) in [5.41, 5.74) is 4.58. The summed E-state index contributed by atoms with van der Waals surface area (Å²) in [6.45, 7) is 1.64. The zero-order chi connectivity index (χ0) is 9.40. The number of rotatable bonds is 3. The molecule has 2 N–H and O–H groups in total. The van der Waals surface area contributed by atoms with E-state index in [2.05, 4.69) is 16.4 Å².